The van der Waals surface area contributed by atoms with Crippen molar-refractivity contribution in [3.63, 3.8) is 0 Å². The van der Waals surface area contributed by atoms with Crippen LogP contribution in [0.4, 0.5) is 0 Å². The van der Waals surface area contributed by atoms with E-state index in [1.807, 2.05) is 0 Å². The smallest absolute Gasteiger partial charge is 0.162 e. The molecule has 0 spiro atoms. The van der Waals surface area contributed by atoms with Gasteiger partial charge in [0.1, 0.15) is 0 Å². The van der Waals surface area contributed by atoms with Gasteiger partial charge in [-0.15, -0.1) is 0 Å². The van der Waals surface area contributed by atoms with E-state index >= 15 is 0 Å². The van der Waals surface area contributed by atoms with Crippen LogP contribution in [0, 0.1) is 5.21 Å². The second-order valence-electron chi connectivity index (χ2n) is 1.31. The molecule has 4 heteroatoms. The van der Waals surface area contributed by atoms with Crippen LogP contribution < -0.4 is 11.0 Å². The van der Waals surface area contributed by atoms with E-state index in [4.69, 9.17) is 5.73 Å². The Morgan fingerprint density at radius 3 is 2.29 bits per heavy atom. The largest absolute Gasteiger partial charge is 0.600 e. The quantitative estimate of drug-likeness (QED) is 0.323. The summed E-state index contributed by atoms with van der Waals surface area (Å²) in [7, 11) is 1.32. The molecule has 0 aliphatic carbocycles. The third-order valence-electron chi connectivity index (χ3n) is 0.352. The van der Waals surface area contributed by atoms with Gasteiger partial charge in [-0.25, -0.2) is 5.23 Å². The SMILES string of the molecule is C[C@H](N)O[NH+](C)[O-]. The Morgan fingerprint density at radius 2 is 2.29 bits per heavy atom. The van der Waals surface area contributed by atoms with Gasteiger partial charge in [0.05, 0.1) is 7.05 Å². The molecule has 2 atom stereocenters. The van der Waals surface area contributed by atoms with Crippen molar-refractivity contribution >= 4 is 0 Å². The molecule has 0 saturated heterocycles. The molecule has 4 nitrogen and oxygen atoms in total. The summed E-state index contributed by atoms with van der Waals surface area (Å²) < 4.78 is 0. The van der Waals surface area contributed by atoms with Crippen LogP contribution in [0.15, 0.2) is 0 Å². The molecule has 0 bridgehead atoms. The highest BCUT2D eigenvalue weighted by atomic mass is 16.9. The monoisotopic (exact) mass is 106 g/mol. The molecule has 0 fully saturated rings. The summed E-state index contributed by atoms with van der Waals surface area (Å²) in [6.07, 6.45) is -0.475. The maximum Gasteiger partial charge on any atom is 0.162 e. The van der Waals surface area contributed by atoms with Crippen LogP contribution in [0.25, 0.3) is 0 Å². The minimum atomic E-state index is -0.475. The predicted molar refractivity (Wildman–Crippen MR) is 25.0 cm³/mol. The fraction of sp³-hybridized carbons (Fsp3) is 1.00. The summed E-state index contributed by atoms with van der Waals surface area (Å²) in [5, 5.41) is 9.61. The van der Waals surface area contributed by atoms with E-state index in [2.05, 4.69) is 4.84 Å². The van der Waals surface area contributed by atoms with E-state index in [0.717, 1.165) is 0 Å². The summed E-state index contributed by atoms with van der Waals surface area (Å²) in [4.78, 5) is 4.39. The zero-order valence-corrected chi connectivity index (χ0v) is 4.47. The molecular formula is C3H10N2O2. The van der Waals surface area contributed by atoms with E-state index in [0.29, 0.717) is 0 Å². The molecule has 0 saturated carbocycles. The molecule has 0 rings (SSSR count). The Bertz CT molecular complexity index is 40.2. The second kappa shape index (κ2) is 2.92. The van der Waals surface area contributed by atoms with Crippen molar-refractivity contribution in [2.75, 3.05) is 7.05 Å². The molecule has 0 aliphatic rings. The van der Waals surface area contributed by atoms with Crippen molar-refractivity contribution in [1.29, 1.82) is 0 Å². The molecule has 0 heterocycles. The van der Waals surface area contributed by atoms with Crippen LogP contribution in [0.2, 0.25) is 0 Å². The highest BCUT2D eigenvalue weighted by molar-refractivity contribution is 4.21. The fourth-order valence-corrected chi connectivity index (χ4v) is 0.262. The van der Waals surface area contributed by atoms with E-state index in [1.54, 1.807) is 6.92 Å². The Labute approximate surface area is 42.4 Å². The standard InChI is InChI=1S/C3H10N2O2/c1-3(4)7-5(2)6/h3,5H,4H2,1-2H3/t3-/m1/s1. The fourth-order valence-electron chi connectivity index (χ4n) is 0.262. The first-order valence-electron chi connectivity index (χ1n) is 2.05. The minimum Gasteiger partial charge on any atom is -0.600 e. The topological polar surface area (TPSA) is 62.8 Å². The first-order valence-corrected chi connectivity index (χ1v) is 2.05. The Balaban J connectivity index is 2.95. The summed E-state index contributed by atoms with van der Waals surface area (Å²) in [5.74, 6) is 0. The lowest BCUT2D eigenvalue weighted by Gasteiger charge is -2.15. The van der Waals surface area contributed by atoms with Gasteiger partial charge in [-0.2, -0.15) is 4.84 Å². The summed E-state index contributed by atoms with van der Waals surface area (Å²) in [6.45, 7) is 1.60. The molecule has 0 aliphatic heterocycles. The zero-order chi connectivity index (χ0) is 5.86. The minimum absolute atomic E-state index is 0.338. The predicted octanol–water partition coefficient (Wildman–Crippen LogP) is -1.76. The van der Waals surface area contributed by atoms with Gasteiger partial charge in [-0.3, -0.25) is 0 Å². The third-order valence-corrected chi connectivity index (χ3v) is 0.352. The summed E-state index contributed by atoms with van der Waals surface area (Å²) in [6, 6.07) is 0. The van der Waals surface area contributed by atoms with Gasteiger partial charge in [-0.1, -0.05) is 0 Å². The van der Waals surface area contributed by atoms with Crippen LogP contribution in [-0.4, -0.2) is 13.3 Å². The maximum absolute atomic E-state index is 9.95. The lowest BCUT2D eigenvalue weighted by atomic mass is 10.7. The number of hydrogen-bond donors (Lipinski definition) is 2. The molecule has 1 unspecified atom stereocenters. The van der Waals surface area contributed by atoms with E-state index in [-0.39, 0.29) is 5.23 Å². The summed E-state index contributed by atoms with van der Waals surface area (Å²) in [5.41, 5.74) is 5.05. The average molecular weight is 106 g/mol. The van der Waals surface area contributed by atoms with Crippen molar-refractivity contribution in [1.82, 2.24) is 0 Å². The van der Waals surface area contributed by atoms with Gasteiger partial charge < -0.3 is 10.9 Å². The van der Waals surface area contributed by atoms with Crippen LogP contribution in [-0.2, 0) is 4.84 Å². The number of quaternary nitrogens is 1. The van der Waals surface area contributed by atoms with Crippen molar-refractivity contribution in [3.05, 3.63) is 5.21 Å². The number of hydroxylamine groups is 2. The van der Waals surface area contributed by atoms with Gasteiger partial charge in [0.15, 0.2) is 6.23 Å². The number of rotatable bonds is 2. The number of nitrogens with one attached hydrogen (secondary N) is 1. The van der Waals surface area contributed by atoms with E-state index < -0.39 is 6.23 Å². The first kappa shape index (κ1) is 6.84. The van der Waals surface area contributed by atoms with Gasteiger partial charge in [0, 0.05) is 0 Å². The normalized spacial score (nSPS) is 18.9. The first-order chi connectivity index (χ1) is 3.13. The van der Waals surface area contributed by atoms with E-state index in [1.165, 1.54) is 7.05 Å². The van der Waals surface area contributed by atoms with Gasteiger partial charge in [0.25, 0.3) is 0 Å². The van der Waals surface area contributed by atoms with Gasteiger partial charge >= 0.3 is 0 Å². The highest BCUT2D eigenvalue weighted by Crippen LogP contribution is 1.63. The Hall–Kier alpha value is -0.160. The molecule has 0 aromatic carbocycles. The molecule has 0 aromatic rings. The van der Waals surface area contributed by atoms with Crippen molar-refractivity contribution in [3.8, 4) is 0 Å². The molecule has 7 heavy (non-hydrogen) atoms. The molecule has 0 aromatic heterocycles. The molecule has 3 N–H and O–H groups in total. The molecule has 0 radical (unpaired) electrons. The lowest BCUT2D eigenvalue weighted by Crippen LogP contribution is -3.03. The zero-order valence-electron chi connectivity index (χ0n) is 4.47. The van der Waals surface area contributed by atoms with Gasteiger partial charge in [0.2, 0.25) is 0 Å². The van der Waals surface area contributed by atoms with Crippen LogP contribution in [0.5, 0.6) is 0 Å². The molecular weight excluding hydrogens is 96.0 g/mol. The Morgan fingerprint density at radius 1 is 1.86 bits per heavy atom. The summed E-state index contributed by atoms with van der Waals surface area (Å²) >= 11 is 0. The number of nitrogens with two attached hydrogens (primary N) is 1. The second-order valence-corrected chi connectivity index (χ2v) is 1.31. The Kier molecular flexibility index (Phi) is 2.86. The van der Waals surface area contributed by atoms with Crippen molar-refractivity contribution < 1.29 is 10.1 Å². The maximum atomic E-state index is 9.95. The molecule has 0 amide bonds. The van der Waals surface area contributed by atoms with Crippen molar-refractivity contribution in [2.24, 2.45) is 5.73 Å². The van der Waals surface area contributed by atoms with Crippen molar-refractivity contribution in [2.45, 2.75) is 13.2 Å². The lowest BCUT2D eigenvalue weighted by molar-refractivity contribution is -1.04. The third kappa shape index (κ3) is 5.84. The van der Waals surface area contributed by atoms with E-state index in [9.17, 15) is 5.21 Å². The average Bonchev–Trinajstić information content (AvgIpc) is 1.27. The number of hydrogen-bond acceptors (Lipinski definition) is 3. The molecule has 44 valence electrons. The van der Waals surface area contributed by atoms with Crippen LogP contribution >= 0.6 is 0 Å². The van der Waals surface area contributed by atoms with Crippen LogP contribution in [0.3, 0.4) is 0 Å². The van der Waals surface area contributed by atoms with Gasteiger partial charge in [-0.05, 0) is 6.92 Å². The van der Waals surface area contributed by atoms with Crippen LogP contribution in [0.1, 0.15) is 6.92 Å². The highest BCUT2D eigenvalue weighted by Gasteiger charge is 1.92.